The number of carbonyl (C=O) groups is 2. The SMILES string of the molecule is CC(C)CC1(C2CCN(Cc3ccc(O)cc3)CC2)NC(=O)N(CCc2cccs2)C1=O. The molecule has 2 aliphatic rings. The number of nitrogens with one attached hydrogen (secondary N) is 1. The van der Waals surface area contributed by atoms with Crippen LogP contribution in [0.2, 0.25) is 0 Å². The van der Waals surface area contributed by atoms with Gasteiger partial charge in [-0.1, -0.05) is 32.0 Å². The number of hydrogen-bond acceptors (Lipinski definition) is 5. The summed E-state index contributed by atoms with van der Waals surface area (Å²) in [6, 6.07) is 11.2. The summed E-state index contributed by atoms with van der Waals surface area (Å²) in [6.07, 6.45) is 3.15. The quantitative estimate of drug-likeness (QED) is 0.584. The number of carbonyl (C=O) groups excluding carboxylic acids is 2. The Bertz CT molecular complexity index is 920. The molecule has 2 aliphatic heterocycles. The topological polar surface area (TPSA) is 72.9 Å². The molecule has 4 rings (SSSR count). The third-order valence-corrected chi connectivity index (χ3v) is 7.66. The summed E-state index contributed by atoms with van der Waals surface area (Å²) in [6.45, 7) is 7.29. The number of thiophene rings is 1. The average molecular weight is 456 g/mol. The molecule has 0 aliphatic carbocycles. The van der Waals surface area contributed by atoms with E-state index in [2.05, 4.69) is 24.1 Å². The zero-order chi connectivity index (χ0) is 22.7. The molecule has 1 unspecified atom stereocenters. The molecule has 32 heavy (non-hydrogen) atoms. The van der Waals surface area contributed by atoms with E-state index in [9.17, 15) is 14.7 Å². The van der Waals surface area contributed by atoms with Crippen molar-refractivity contribution >= 4 is 23.3 Å². The maximum absolute atomic E-state index is 13.6. The third-order valence-electron chi connectivity index (χ3n) is 6.72. The van der Waals surface area contributed by atoms with Gasteiger partial charge in [0.15, 0.2) is 0 Å². The molecule has 2 fully saturated rings. The van der Waals surface area contributed by atoms with Crippen molar-refractivity contribution in [2.24, 2.45) is 11.8 Å². The molecule has 3 amide bonds. The van der Waals surface area contributed by atoms with Crippen LogP contribution in [0, 0.1) is 11.8 Å². The van der Waals surface area contributed by atoms with Gasteiger partial charge in [-0.2, -0.15) is 0 Å². The van der Waals surface area contributed by atoms with Crippen LogP contribution >= 0.6 is 11.3 Å². The van der Waals surface area contributed by atoms with Crippen LogP contribution in [0.4, 0.5) is 4.79 Å². The van der Waals surface area contributed by atoms with Gasteiger partial charge in [0.1, 0.15) is 11.3 Å². The molecule has 0 radical (unpaired) electrons. The van der Waals surface area contributed by atoms with E-state index in [4.69, 9.17) is 0 Å². The molecular formula is C25H33N3O3S. The Morgan fingerprint density at radius 1 is 1.16 bits per heavy atom. The fourth-order valence-electron chi connectivity index (χ4n) is 5.19. The number of amides is 3. The molecule has 172 valence electrons. The van der Waals surface area contributed by atoms with Gasteiger partial charge in [0.05, 0.1) is 0 Å². The first-order valence-corrected chi connectivity index (χ1v) is 12.4. The van der Waals surface area contributed by atoms with Crippen LogP contribution in [0.1, 0.15) is 43.6 Å². The van der Waals surface area contributed by atoms with Crippen LogP contribution in [0.15, 0.2) is 41.8 Å². The van der Waals surface area contributed by atoms with E-state index in [1.807, 2.05) is 29.6 Å². The van der Waals surface area contributed by atoms with E-state index < -0.39 is 5.54 Å². The molecule has 7 heteroatoms. The van der Waals surface area contributed by atoms with Gasteiger partial charge in [0.25, 0.3) is 5.91 Å². The van der Waals surface area contributed by atoms with E-state index in [0.29, 0.717) is 25.3 Å². The predicted octanol–water partition coefficient (Wildman–Crippen LogP) is 4.25. The Hall–Kier alpha value is -2.38. The van der Waals surface area contributed by atoms with Gasteiger partial charge in [-0.3, -0.25) is 14.6 Å². The zero-order valence-electron chi connectivity index (χ0n) is 18.9. The summed E-state index contributed by atoms with van der Waals surface area (Å²) in [7, 11) is 0. The lowest BCUT2D eigenvalue weighted by molar-refractivity contribution is -0.134. The second kappa shape index (κ2) is 9.63. The van der Waals surface area contributed by atoms with Gasteiger partial charge in [0, 0.05) is 18.0 Å². The smallest absolute Gasteiger partial charge is 0.325 e. The van der Waals surface area contributed by atoms with Gasteiger partial charge >= 0.3 is 6.03 Å². The Morgan fingerprint density at radius 3 is 2.50 bits per heavy atom. The minimum absolute atomic E-state index is 0.0373. The van der Waals surface area contributed by atoms with Crippen molar-refractivity contribution in [3.05, 3.63) is 52.2 Å². The van der Waals surface area contributed by atoms with Crippen LogP contribution in [-0.2, 0) is 17.8 Å². The van der Waals surface area contributed by atoms with Gasteiger partial charge in [-0.15, -0.1) is 11.3 Å². The Morgan fingerprint density at radius 2 is 1.88 bits per heavy atom. The maximum atomic E-state index is 13.6. The van der Waals surface area contributed by atoms with Gasteiger partial charge in [-0.25, -0.2) is 4.79 Å². The number of rotatable bonds is 8. The Kier molecular flexibility index (Phi) is 6.86. The van der Waals surface area contributed by atoms with Crippen molar-refractivity contribution in [2.45, 2.75) is 51.6 Å². The standard InChI is InChI=1S/C25H33N3O3S/c1-18(2)16-25(23(30)28(24(31)26-25)14-11-22-4-3-15-32-22)20-9-12-27(13-10-20)17-19-5-7-21(29)8-6-19/h3-8,15,18,20,29H,9-14,16-17H2,1-2H3,(H,26,31). The van der Waals surface area contributed by atoms with E-state index in [1.165, 1.54) is 15.3 Å². The molecule has 0 bridgehead atoms. The van der Waals surface area contributed by atoms with Crippen molar-refractivity contribution in [3.8, 4) is 5.75 Å². The second-order valence-corrected chi connectivity index (χ2v) is 10.5. The minimum Gasteiger partial charge on any atom is -0.508 e. The van der Waals surface area contributed by atoms with Crippen molar-refractivity contribution < 1.29 is 14.7 Å². The van der Waals surface area contributed by atoms with Crippen LogP contribution in [0.25, 0.3) is 0 Å². The van der Waals surface area contributed by atoms with E-state index in [1.54, 1.807) is 23.5 Å². The number of phenolic OH excluding ortho intramolecular Hbond substituents is 1. The van der Waals surface area contributed by atoms with Crippen molar-refractivity contribution in [3.63, 3.8) is 0 Å². The highest BCUT2D eigenvalue weighted by Gasteiger charge is 2.55. The molecule has 1 atom stereocenters. The third kappa shape index (κ3) is 4.84. The first kappa shape index (κ1) is 22.8. The highest BCUT2D eigenvalue weighted by molar-refractivity contribution is 7.09. The van der Waals surface area contributed by atoms with Crippen LogP contribution in [-0.4, -0.2) is 52.0 Å². The monoisotopic (exact) mass is 455 g/mol. The second-order valence-electron chi connectivity index (χ2n) is 9.50. The lowest BCUT2D eigenvalue weighted by atomic mass is 9.73. The van der Waals surface area contributed by atoms with Crippen LogP contribution in [0.3, 0.4) is 0 Å². The fourth-order valence-corrected chi connectivity index (χ4v) is 5.89. The summed E-state index contributed by atoms with van der Waals surface area (Å²) in [4.78, 5) is 31.6. The molecule has 2 aromatic rings. The molecule has 1 aromatic carbocycles. The summed E-state index contributed by atoms with van der Waals surface area (Å²) in [5.74, 6) is 0.697. The number of imide groups is 1. The highest BCUT2D eigenvalue weighted by atomic mass is 32.1. The number of likely N-dealkylation sites (tertiary alicyclic amines) is 1. The molecule has 0 saturated carbocycles. The van der Waals surface area contributed by atoms with Crippen molar-refractivity contribution in [1.82, 2.24) is 15.1 Å². The fraction of sp³-hybridized carbons (Fsp3) is 0.520. The largest absolute Gasteiger partial charge is 0.508 e. The number of hydrogen-bond donors (Lipinski definition) is 2. The number of urea groups is 1. The number of benzene rings is 1. The van der Waals surface area contributed by atoms with E-state index in [0.717, 1.165) is 32.5 Å². The Labute approximate surface area is 194 Å². The molecule has 0 spiro atoms. The summed E-state index contributed by atoms with van der Waals surface area (Å²) >= 11 is 1.66. The molecule has 3 heterocycles. The number of aromatic hydroxyl groups is 1. The molecular weight excluding hydrogens is 422 g/mol. The Balaban J connectivity index is 1.43. The van der Waals surface area contributed by atoms with Gasteiger partial charge in [-0.05, 0) is 79.8 Å². The molecule has 6 nitrogen and oxygen atoms in total. The predicted molar refractivity (Wildman–Crippen MR) is 127 cm³/mol. The zero-order valence-corrected chi connectivity index (χ0v) is 19.7. The summed E-state index contributed by atoms with van der Waals surface area (Å²) in [5, 5.41) is 14.7. The molecule has 2 saturated heterocycles. The number of phenols is 1. The van der Waals surface area contributed by atoms with Crippen molar-refractivity contribution in [1.29, 1.82) is 0 Å². The number of nitrogens with zero attached hydrogens (tertiary/aromatic N) is 2. The normalized spacial score (nSPS) is 22.7. The molecule has 1 aromatic heterocycles. The lowest BCUT2D eigenvalue weighted by Gasteiger charge is -2.41. The lowest BCUT2D eigenvalue weighted by Crippen LogP contribution is -2.56. The van der Waals surface area contributed by atoms with Gasteiger partial charge < -0.3 is 10.4 Å². The van der Waals surface area contributed by atoms with Crippen LogP contribution in [0.5, 0.6) is 5.75 Å². The van der Waals surface area contributed by atoms with Gasteiger partial charge in [0.2, 0.25) is 0 Å². The van der Waals surface area contributed by atoms with E-state index >= 15 is 0 Å². The summed E-state index contributed by atoms with van der Waals surface area (Å²) < 4.78 is 0. The van der Waals surface area contributed by atoms with E-state index in [-0.39, 0.29) is 23.6 Å². The maximum Gasteiger partial charge on any atom is 0.325 e. The van der Waals surface area contributed by atoms with Crippen LogP contribution < -0.4 is 5.32 Å². The molecule has 2 N–H and O–H groups in total. The average Bonchev–Trinajstić information content (AvgIpc) is 3.36. The summed E-state index contributed by atoms with van der Waals surface area (Å²) in [5.41, 5.74) is 0.383. The first-order chi connectivity index (χ1) is 15.4. The minimum atomic E-state index is -0.786. The first-order valence-electron chi connectivity index (χ1n) is 11.5. The van der Waals surface area contributed by atoms with Crippen molar-refractivity contribution in [2.75, 3.05) is 19.6 Å². The number of piperidine rings is 1. The highest BCUT2D eigenvalue weighted by Crippen LogP contribution is 2.38.